The molecule has 2 aromatic carbocycles. The van der Waals surface area contributed by atoms with E-state index in [2.05, 4.69) is 10.6 Å². The van der Waals surface area contributed by atoms with Crippen LogP contribution in [0.4, 0.5) is 8.78 Å². The number of rotatable bonds is 6. The van der Waals surface area contributed by atoms with Crippen LogP contribution in [0, 0.1) is 11.6 Å². The molecule has 3 rings (SSSR count). The van der Waals surface area contributed by atoms with Gasteiger partial charge in [0.15, 0.2) is 0 Å². The lowest BCUT2D eigenvalue weighted by Gasteiger charge is -2.34. The first-order valence-electron chi connectivity index (χ1n) is 8.92. The van der Waals surface area contributed by atoms with E-state index in [1.165, 1.54) is 12.1 Å². The Morgan fingerprint density at radius 2 is 1.16 bits per heavy atom. The maximum Gasteiger partial charge on any atom is 0.128 e. The highest BCUT2D eigenvalue weighted by Crippen LogP contribution is 2.50. The second-order valence-corrected chi connectivity index (χ2v) is 7.48. The van der Waals surface area contributed by atoms with Crippen LogP contribution in [0.1, 0.15) is 38.8 Å². The first kappa shape index (κ1) is 18.0. The molecule has 0 saturated heterocycles. The maximum absolute atomic E-state index is 15.0. The van der Waals surface area contributed by atoms with Crippen molar-refractivity contribution in [2.45, 2.75) is 45.2 Å². The standard InChI is InChI=1S/C21H26F2N2/c1-13(2)24-11-21(12-25-14(3)4)19-15(7-5-9-17(19)22)16-8-6-10-18(23)20(16)21/h5-10,13-14,24-25H,11-12H2,1-4H3. The van der Waals surface area contributed by atoms with Gasteiger partial charge in [-0.25, -0.2) is 8.78 Å². The molecule has 2 nitrogen and oxygen atoms in total. The average molecular weight is 344 g/mol. The van der Waals surface area contributed by atoms with Crippen molar-refractivity contribution in [2.24, 2.45) is 0 Å². The number of nitrogens with one attached hydrogen (secondary N) is 2. The Morgan fingerprint density at radius 3 is 1.52 bits per heavy atom. The minimum Gasteiger partial charge on any atom is -0.313 e. The van der Waals surface area contributed by atoms with Gasteiger partial charge in [0.05, 0.1) is 5.41 Å². The first-order valence-corrected chi connectivity index (χ1v) is 8.92. The summed E-state index contributed by atoms with van der Waals surface area (Å²) in [5, 5.41) is 6.83. The van der Waals surface area contributed by atoms with E-state index in [-0.39, 0.29) is 23.7 Å². The normalized spacial score (nSPS) is 14.9. The molecule has 1 aliphatic rings. The molecule has 0 aliphatic heterocycles. The zero-order chi connectivity index (χ0) is 18.2. The van der Waals surface area contributed by atoms with Gasteiger partial charge in [0.1, 0.15) is 11.6 Å². The summed E-state index contributed by atoms with van der Waals surface area (Å²) in [5.41, 5.74) is 2.01. The van der Waals surface area contributed by atoms with Crippen LogP contribution in [-0.2, 0) is 5.41 Å². The lowest BCUT2D eigenvalue weighted by Crippen LogP contribution is -2.49. The van der Waals surface area contributed by atoms with Crippen molar-refractivity contribution in [3.05, 3.63) is 59.2 Å². The van der Waals surface area contributed by atoms with Gasteiger partial charge in [0, 0.05) is 36.3 Å². The molecule has 0 amide bonds. The molecule has 2 aromatic rings. The van der Waals surface area contributed by atoms with E-state index in [9.17, 15) is 8.78 Å². The van der Waals surface area contributed by atoms with Gasteiger partial charge in [0.25, 0.3) is 0 Å². The quantitative estimate of drug-likeness (QED) is 0.819. The second kappa shape index (κ2) is 6.85. The molecule has 25 heavy (non-hydrogen) atoms. The highest BCUT2D eigenvalue weighted by molar-refractivity contribution is 5.81. The van der Waals surface area contributed by atoms with Crippen molar-refractivity contribution >= 4 is 0 Å². The van der Waals surface area contributed by atoms with E-state index in [1.54, 1.807) is 12.1 Å². The Bertz CT molecular complexity index is 703. The van der Waals surface area contributed by atoms with Gasteiger partial charge >= 0.3 is 0 Å². The van der Waals surface area contributed by atoms with Crippen LogP contribution in [0.3, 0.4) is 0 Å². The number of benzene rings is 2. The summed E-state index contributed by atoms with van der Waals surface area (Å²) in [6.07, 6.45) is 0. The molecule has 0 spiro atoms. The molecule has 0 radical (unpaired) electrons. The van der Waals surface area contributed by atoms with Crippen LogP contribution >= 0.6 is 0 Å². The van der Waals surface area contributed by atoms with Crippen LogP contribution in [0.25, 0.3) is 11.1 Å². The fraction of sp³-hybridized carbons (Fsp3) is 0.429. The molecule has 0 unspecified atom stereocenters. The van der Waals surface area contributed by atoms with Gasteiger partial charge in [-0.3, -0.25) is 0 Å². The highest BCUT2D eigenvalue weighted by atomic mass is 19.1. The minimum absolute atomic E-state index is 0.224. The van der Waals surface area contributed by atoms with Crippen molar-refractivity contribution in [3.63, 3.8) is 0 Å². The van der Waals surface area contributed by atoms with Crippen molar-refractivity contribution in [3.8, 4) is 11.1 Å². The Balaban J connectivity index is 2.24. The largest absolute Gasteiger partial charge is 0.313 e. The number of hydrogen-bond acceptors (Lipinski definition) is 2. The lowest BCUT2D eigenvalue weighted by atomic mass is 9.77. The van der Waals surface area contributed by atoms with E-state index >= 15 is 0 Å². The van der Waals surface area contributed by atoms with Crippen molar-refractivity contribution in [2.75, 3.05) is 13.1 Å². The second-order valence-electron chi connectivity index (χ2n) is 7.48. The summed E-state index contributed by atoms with van der Waals surface area (Å²) < 4.78 is 29.9. The van der Waals surface area contributed by atoms with Crippen LogP contribution in [0.5, 0.6) is 0 Å². The molecule has 1 aliphatic carbocycles. The summed E-state index contributed by atoms with van der Waals surface area (Å²) in [6, 6.07) is 10.6. The van der Waals surface area contributed by atoms with Gasteiger partial charge in [-0.2, -0.15) is 0 Å². The van der Waals surface area contributed by atoms with Crippen LogP contribution in [-0.4, -0.2) is 25.2 Å². The predicted molar refractivity (Wildman–Crippen MR) is 98.9 cm³/mol. The van der Waals surface area contributed by atoms with Gasteiger partial charge in [-0.1, -0.05) is 52.0 Å². The summed E-state index contributed by atoms with van der Waals surface area (Å²) in [6.45, 7) is 9.14. The zero-order valence-electron chi connectivity index (χ0n) is 15.3. The predicted octanol–water partition coefficient (Wildman–Crippen LogP) is 4.23. The smallest absolute Gasteiger partial charge is 0.128 e. The Kier molecular flexibility index (Phi) is 4.94. The van der Waals surface area contributed by atoms with Crippen LogP contribution in [0.2, 0.25) is 0 Å². The molecule has 0 heterocycles. The topological polar surface area (TPSA) is 24.1 Å². The molecule has 0 atom stereocenters. The highest BCUT2D eigenvalue weighted by Gasteiger charge is 2.46. The van der Waals surface area contributed by atoms with E-state index in [4.69, 9.17) is 0 Å². The Hall–Kier alpha value is -1.78. The monoisotopic (exact) mass is 344 g/mol. The molecule has 134 valence electrons. The third-order valence-corrected chi connectivity index (χ3v) is 4.90. The Morgan fingerprint density at radius 1 is 0.760 bits per heavy atom. The van der Waals surface area contributed by atoms with E-state index < -0.39 is 5.41 Å². The van der Waals surface area contributed by atoms with Crippen molar-refractivity contribution in [1.29, 1.82) is 0 Å². The van der Waals surface area contributed by atoms with E-state index in [1.807, 2.05) is 39.8 Å². The van der Waals surface area contributed by atoms with Crippen LogP contribution in [0.15, 0.2) is 36.4 Å². The van der Waals surface area contributed by atoms with E-state index in [0.29, 0.717) is 24.2 Å². The van der Waals surface area contributed by atoms with Gasteiger partial charge in [-0.05, 0) is 23.3 Å². The molecule has 0 bridgehead atoms. The molecule has 0 fully saturated rings. The maximum atomic E-state index is 15.0. The third kappa shape index (κ3) is 3.09. The summed E-state index contributed by atoms with van der Waals surface area (Å²) in [7, 11) is 0. The minimum atomic E-state index is -0.768. The lowest BCUT2D eigenvalue weighted by molar-refractivity contribution is 0.380. The number of fused-ring (bicyclic) bond motifs is 3. The summed E-state index contributed by atoms with van der Waals surface area (Å²) in [4.78, 5) is 0. The summed E-state index contributed by atoms with van der Waals surface area (Å²) >= 11 is 0. The van der Waals surface area contributed by atoms with E-state index in [0.717, 1.165) is 11.1 Å². The molecule has 0 saturated carbocycles. The summed E-state index contributed by atoms with van der Waals surface area (Å²) in [5.74, 6) is -0.548. The van der Waals surface area contributed by atoms with Crippen LogP contribution < -0.4 is 10.6 Å². The molecular formula is C21H26F2N2. The Labute approximate surface area is 148 Å². The molecule has 2 N–H and O–H groups in total. The van der Waals surface area contributed by atoms with Crippen molar-refractivity contribution in [1.82, 2.24) is 10.6 Å². The van der Waals surface area contributed by atoms with Gasteiger partial charge in [0.2, 0.25) is 0 Å². The number of hydrogen-bond donors (Lipinski definition) is 2. The van der Waals surface area contributed by atoms with Crippen molar-refractivity contribution < 1.29 is 8.78 Å². The average Bonchev–Trinajstić information content (AvgIpc) is 2.84. The molecule has 4 heteroatoms. The fourth-order valence-corrected chi connectivity index (χ4v) is 3.77. The molecular weight excluding hydrogens is 318 g/mol. The first-order chi connectivity index (χ1) is 11.9. The van der Waals surface area contributed by atoms with Gasteiger partial charge in [-0.15, -0.1) is 0 Å². The number of halogens is 2. The van der Waals surface area contributed by atoms with Gasteiger partial charge < -0.3 is 10.6 Å². The third-order valence-electron chi connectivity index (χ3n) is 4.90. The fourth-order valence-electron chi connectivity index (χ4n) is 3.77. The molecule has 0 aromatic heterocycles. The SMILES string of the molecule is CC(C)NCC1(CNC(C)C)c2c(F)cccc2-c2cccc(F)c21. The zero-order valence-corrected chi connectivity index (χ0v) is 15.3.